The first-order valence-electron chi connectivity index (χ1n) is 6.22. The van der Waals surface area contributed by atoms with E-state index >= 15 is 0 Å². The lowest BCUT2D eigenvalue weighted by atomic mass is 10.1. The van der Waals surface area contributed by atoms with Crippen molar-refractivity contribution in [2.24, 2.45) is 0 Å². The molecule has 2 N–H and O–H groups in total. The van der Waals surface area contributed by atoms with Crippen molar-refractivity contribution in [1.82, 2.24) is 4.57 Å². The zero-order valence-corrected chi connectivity index (χ0v) is 11.4. The van der Waals surface area contributed by atoms with Crippen LogP contribution in [0.3, 0.4) is 0 Å². The molecule has 6 heteroatoms. The minimum atomic E-state index is -1.29. The highest BCUT2D eigenvalue weighted by Crippen LogP contribution is 2.40. The standard InChI is InChI=1S/C14H12ClNO4/c1-6-4-9-10(11(15)12(6)17)13(18)8(14(19)20)5-16(9)7-2-3-7/h4-5,7,17H,2-3H2,1H3,(H,19,20). The molecular weight excluding hydrogens is 282 g/mol. The molecule has 0 unspecified atom stereocenters. The van der Waals surface area contributed by atoms with E-state index < -0.39 is 11.4 Å². The molecule has 1 saturated carbocycles. The SMILES string of the molecule is Cc1cc2c(c(Cl)c1O)c(=O)c(C(=O)O)cn2C1CC1. The van der Waals surface area contributed by atoms with Crippen molar-refractivity contribution in [3.8, 4) is 5.75 Å². The summed E-state index contributed by atoms with van der Waals surface area (Å²) in [7, 11) is 0. The molecule has 20 heavy (non-hydrogen) atoms. The Kier molecular flexibility index (Phi) is 2.76. The number of carbonyl (C=O) groups is 1. The fourth-order valence-corrected chi connectivity index (χ4v) is 2.71. The number of nitrogens with zero attached hydrogens (tertiary/aromatic N) is 1. The average molecular weight is 294 g/mol. The minimum Gasteiger partial charge on any atom is -0.506 e. The van der Waals surface area contributed by atoms with Gasteiger partial charge >= 0.3 is 5.97 Å². The molecule has 5 nitrogen and oxygen atoms in total. The highest BCUT2D eigenvalue weighted by Gasteiger charge is 2.28. The highest BCUT2D eigenvalue weighted by molar-refractivity contribution is 6.37. The van der Waals surface area contributed by atoms with E-state index in [9.17, 15) is 14.7 Å². The van der Waals surface area contributed by atoms with Gasteiger partial charge in [-0.1, -0.05) is 11.6 Å². The number of carboxylic acid groups (broad SMARTS) is 1. The number of phenolic OH excluding ortho intramolecular Hbond substituents is 1. The van der Waals surface area contributed by atoms with Crippen LogP contribution in [-0.2, 0) is 0 Å². The van der Waals surface area contributed by atoms with Crippen LogP contribution in [0.15, 0.2) is 17.1 Å². The van der Waals surface area contributed by atoms with E-state index in [0.29, 0.717) is 11.1 Å². The molecule has 1 aliphatic rings. The summed E-state index contributed by atoms with van der Waals surface area (Å²) in [5, 5.41) is 19.0. The van der Waals surface area contributed by atoms with Crippen LogP contribution in [0.4, 0.5) is 0 Å². The smallest absolute Gasteiger partial charge is 0.341 e. The van der Waals surface area contributed by atoms with Gasteiger partial charge in [0, 0.05) is 12.2 Å². The van der Waals surface area contributed by atoms with Crippen LogP contribution in [0.25, 0.3) is 10.9 Å². The van der Waals surface area contributed by atoms with Crippen LogP contribution in [0.2, 0.25) is 5.02 Å². The molecule has 0 amide bonds. The Hall–Kier alpha value is -2.01. The van der Waals surface area contributed by atoms with Gasteiger partial charge in [-0.15, -0.1) is 0 Å². The third-order valence-electron chi connectivity index (χ3n) is 3.60. The quantitative estimate of drug-likeness (QED) is 0.892. The predicted molar refractivity (Wildman–Crippen MR) is 74.9 cm³/mol. The number of phenols is 1. The molecule has 3 rings (SSSR count). The molecule has 1 heterocycles. The first-order chi connectivity index (χ1) is 9.41. The Morgan fingerprint density at radius 1 is 1.45 bits per heavy atom. The van der Waals surface area contributed by atoms with Crippen LogP contribution in [-0.4, -0.2) is 20.7 Å². The predicted octanol–water partition coefficient (Wildman–Crippen LogP) is 2.70. The second kappa shape index (κ2) is 4.24. The molecule has 0 saturated heterocycles. The number of benzene rings is 1. The number of hydrogen-bond donors (Lipinski definition) is 2. The number of pyridine rings is 1. The number of aromatic hydroxyl groups is 1. The fraction of sp³-hybridized carbons (Fsp3) is 0.286. The molecule has 0 spiro atoms. The zero-order chi connectivity index (χ0) is 14.6. The second-order valence-electron chi connectivity index (χ2n) is 5.07. The largest absolute Gasteiger partial charge is 0.506 e. The van der Waals surface area contributed by atoms with Crippen molar-refractivity contribution in [2.75, 3.05) is 0 Å². The Labute approximate surface area is 119 Å². The van der Waals surface area contributed by atoms with Crippen molar-refractivity contribution < 1.29 is 15.0 Å². The highest BCUT2D eigenvalue weighted by atomic mass is 35.5. The van der Waals surface area contributed by atoms with Gasteiger partial charge in [0.15, 0.2) is 0 Å². The summed E-state index contributed by atoms with van der Waals surface area (Å²) in [6.07, 6.45) is 3.25. The first kappa shape index (κ1) is 13.0. The number of rotatable bonds is 2. The van der Waals surface area contributed by atoms with Crippen LogP contribution in [0, 0.1) is 6.92 Å². The van der Waals surface area contributed by atoms with Gasteiger partial charge in [-0.25, -0.2) is 4.79 Å². The number of fused-ring (bicyclic) bond motifs is 1. The molecule has 104 valence electrons. The Balaban J connectivity index is 2.52. The first-order valence-corrected chi connectivity index (χ1v) is 6.59. The van der Waals surface area contributed by atoms with Crippen molar-refractivity contribution in [3.05, 3.63) is 38.6 Å². The van der Waals surface area contributed by atoms with E-state index in [0.717, 1.165) is 12.8 Å². The van der Waals surface area contributed by atoms with Gasteiger partial charge in [0.1, 0.15) is 11.3 Å². The summed E-state index contributed by atoms with van der Waals surface area (Å²) in [5.41, 5.74) is 0.140. The van der Waals surface area contributed by atoms with E-state index in [1.807, 2.05) is 0 Å². The third-order valence-corrected chi connectivity index (χ3v) is 3.97. The maximum Gasteiger partial charge on any atom is 0.341 e. The summed E-state index contributed by atoms with van der Waals surface area (Å²) in [4.78, 5) is 23.5. The summed E-state index contributed by atoms with van der Waals surface area (Å²) < 4.78 is 1.78. The molecule has 1 fully saturated rings. The van der Waals surface area contributed by atoms with Crippen molar-refractivity contribution >= 4 is 28.5 Å². The van der Waals surface area contributed by atoms with Gasteiger partial charge in [0.05, 0.1) is 15.9 Å². The van der Waals surface area contributed by atoms with E-state index in [1.54, 1.807) is 17.6 Å². The normalized spacial score (nSPS) is 14.7. The second-order valence-corrected chi connectivity index (χ2v) is 5.44. The number of aromatic nitrogens is 1. The van der Waals surface area contributed by atoms with E-state index in [2.05, 4.69) is 0 Å². The summed E-state index contributed by atoms with van der Waals surface area (Å²) in [6.45, 7) is 1.69. The summed E-state index contributed by atoms with van der Waals surface area (Å²) >= 11 is 6.05. The lowest BCUT2D eigenvalue weighted by molar-refractivity contribution is 0.0695. The zero-order valence-electron chi connectivity index (χ0n) is 10.7. The molecule has 1 aliphatic carbocycles. The van der Waals surface area contributed by atoms with Gasteiger partial charge in [-0.05, 0) is 31.4 Å². The maximum atomic E-state index is 12.3. The van der Waals surface area contributed by atoms with Gasteiger partial charge in [-0.3, -0.25) is 4.79 Å². The molecule has 1 aromatic carbocycles. The van der Waals surface area contributed by atoms with E-state index in [4.69, 9.17) is 16.7 Å². The van der Waals surface area contributed by atoms with Gasteiger partial charge < -0.3 is 14.8 Å². The monoisotopic (exact) mass is 293 g/mol. The number of halogens is 1. The maximum absolute atomic E-state index is 12.3. The summed E-state index contributed by atoms with van der Waals surface area (Å²) in [5.74, 6) is -1.47. The number of hydrogen-bond acceptors (Lipinski definition) is 3. The molecule has 0 radical (unpaired) electrons. The van der Waals surface area contributed by atoms with Crippen LogP contribution in [0.5, 0.6) is 5.75 Å². The van der Waals surface area contributed by atoms with Gasteiger partial charge in [0.25, 0.3) is 0 Å². The fourth-order valence-electron chi connectivity index (χ4n) is 2.38. The van der Waals surface area contributed by atoms with Gasteiger partial charge in [0.2, 0.25) is 5.43 Å². The third kappa shape index (κ3) is 1.78. The Bertz CT molecular complexity index is 805. The molecule has 0 aliphatic heterocycles. The van der Waals surface area contributed by atoms with Crippen molar-refractivity contribution in [3.63, 3.8) is 0 Å². The van der Waals surface area contributed by atoms with Crippen LogP contribution >= 0.6 is 11.6 Å². The topological polar surface area (TPSA) is 79.5 Å². The van der Waals surface area contributed by atoms with E-state index in [1.165, 1.54) is 6.20 Å². The molecule has 0 bridgehead atoms. The molecule has 1 aromatic heterocycles. The van der Waals surface area contributed by atoms with Gasteiger partial charge in [-0.2, -0.15) is 0 Å². The number of carboxylic acids is 1. The minimum absolute atomic E-state index is 0.0709. The molecular formula is C14H12ClNO4. The Morgan fingerprint density at radius 3 is 2.65 bits per heavy atom. The summed E-state index contributed by atoms with van der Waals surface area (Å²) in [6, 6.07) is 1.86. The molecule has 0 atom stereocenters. The molecule has 2 aromatic rings. The average Bonchev–Trinajstić information content (AvgIpc) is 3.20. The lowest BCUT2D eigenvalue weighted by Crippen LogP contribution is -2.19. The Morgan fingerprint density at radius 2 is 2.10 bits per heavy atom. The van der Waals surface area contributed by atoms with Crippen LogP contribution < -0.4 is 5.43 Å². The van der Waals surface area contributed by atoms with Crippen molar-refractivity contribution in [2.45, 2.75) is 25.8 Å². The number of aromatic carboxylic acids is 1. The van der Waals surface area contributed by atoms with E-state index in [-0.39, 0.29) is 27.8 Å². The van der Waals surface area contributed by atoms with Crippen molar-refractivity contribution in [1.29, 1.82) is 0 Å². The number of aryl methyl sites for hydroxylation is 1. The van der Waals surface area contributed by atoms with Crippen LogP contribution in [0.1, 0.15) is 34.8 Å². The lowest BCUT2D eigenvalue weighted by Gasteiger charge is -2.14.